The number of benzene rings is 2. The highest BCUT2D eigenvalue weighted by Crippen LogP contribution is 2.26. The van der Waals surface area contributed by atoms with Crippen LogP contribution in [0.4, 0.5) is 0 Å². The summed E-state index contributed by atoms with van der Waals surface area (Å²) in [6, 6.07) is 16.0. The highest BCUT2D eigenvalue weighted by atomic mass is 16.5. The number of ether oxygens (including phenoxy) is 1. The summed E-state index contributed by atoms with van der Waals surface area (Å²) < 4.78 is 6.73. The van der Waals surface area contributed by atoms with E-state index in [0.29, 0.717) is 23.8 Å². The van der Waals surface area contributed by atoms with E-state index in [4.69, 9.17) is 4.74 Å². The number of rotatable bonds is 7. The first-order valence-electron chi connectivity index (χ1n) is 10.4. The van der Waals surface area contributed by atoms with Gasteiger partial charge in [0.1, 0.15) is 17.4 Å². The topological polar surface area (TPSA) is 92.3 Å². The fourth-order valence-electron chi connectivity index (χ4n) is 3.36. The van der Waals surface area contributed by atoms with Gasteiger partial charge in [-0.2, -0.15) is 5.26 Å². The summed E-state index contributed by atoms with van der Waals surface area (Å²) >= 11 is 0. The summed E-state index contributed by atoms with van der Waals surface area (Å²) in [6.07, 6.45) is 0. The molecular formula is C26H26N2O4. The molecule has 0 atom stereocenters. The number of aromatic nitrogens is 1. The van der Waals surface area contributed by atoms with Crippen LogP contribution < -0.4 is 10.3 Å². The lowest BCUT2D eigenvalue weighted by molar-refractivity contribution is 0.103. The Balaban J connectivity index is 2.03. The zero-order valence-electron chi connectivity index (χ0n) is 18.7. The van der Waals surface area contributed by atoms with Crippen molar-refractivity contribution in [2.24, 2.45) is 5.92 Å². The number of carbonyl (C=O) groups excluding carboxylic acids is 1. The largest absolute Gasteiger partial charge is 0.494 e. The van der Waals surface area contributed by atoms with Crippen molar-refractivity contribution in [3.8, 4) is 17.7 Å². The molecular weight excluding hydrogens is 404 g/mol. The van der Waals surface area contributed by atoms with Crippen molar-refractivity contribution < 1.29 is 14.6 Å². The smallest absolute Gasteiger partial charge is 0.271 e. The number of hydrogen-bond acceptors (Lipinski definition) is 5. The van der Waals surface area contributed by atoms with Crippen molar-refractivity contribution >= 4 is 5.78 Å². The Morgan fingerprint density at radius 1 is 1.09 bits per heavy atom. The van der Waals surface area contributed by atoms with Crippen molar-refractivity contribution in [3.63, 3.8) is 0 Å². The van der Waals surface area contributed by atoms with Gasteiger partial charge in [-0.25, -0.2) is 0 Å². The molecule has 0 spiro atoms. The van der Waals surface area contributed by atoms with Crippen LogP contribution in [0.1, 0.15) is 52.0 Å². The zero-order chi connectivity index (χ0) is 23.4. The van der Waals surface area contributed by atoms with Crippen LogP contribution in [0, 0.1) is 31.1 Å². The van der Waals surface area contributed by atoms with E-state index in [2.05, 4.69) is 0 Å². The maximum atomic E-state index is 13.3. The molecule has 0 aliphatic heterocycles. The Morgan fingerprint density at radius 3 is 2.28 bits per heavy atom. The van der Waals surface area contributed by atoms with Crippen LogP contribution in [0.2, 0.25) is 0 Å². The number of aryl methyl sites for hydroxylation is 1. The molecule has 32 heavy (non-hydrogen) atoms. The first-order chi connectivity index (χ1) is 15.2. The van der Waals surface area contributed by atoms with Crippen molar-refractivity contribution in [3.05, 3.63) is 92.3 Å². The molecule has 164 valence electrons. The Bertz CT molecular complexity index is 1230. The van der Waals surface area contributed by atoms with Crippen molar-refractivity contribution in [2.45, 2.75) is 34.2 Å². The maximum absolute atomic E-state index is 13.3. The molecule has 3 aromatic rings. The number of pyridine rings is 1. The molecule has 0 bridgehead atoms. The lowest BCUT2D eigenvalue weighted by Gasteiger charge is -2.16. The summed E-state index contributed by atoms with van der Waals surface area (Å²) in [4.78, 5) is 26.1. The Hall–Kier alpha value is -3.85. The van der Waals surface area contributed by atoms with Gasteiger partial charge in [0.05, 0.1) is 18.7 Å². The molecule has 1 N–H and O–H groups in total. The van der Waals surface area contributed by atoms with E-state index in [1.807, 2.05) is 51.1 Å². The van der Waals surface area contributed by atoms with Crippen molar-refractivity contribution in [1.29, 1.82) is 5.26 Å². The third-order valence-electron chi connectivity index (χ3n) is 5.19. The van der Waals surface area contributed by atoms with Gasteiger partial charge in [-0.3, -0.25) is 14.2 Å². The molecule has 0 amide bonds. The average molecular weight is 431 g/mol. The number of carbonyl (C=O) groups is 1. The number of hydrogen-bond donors (Lipinski definition) is 1. The summed E-state index contributed by atoms with van der Waals surface area (Å²) in [5.41, 5.74) is 1.48. The molecule has 0 aliphatic carbocycles. The predicted molar refractivity (Wildman–Crippen MR) is 122 cm³/mol. The lowest BCUT2D eigenvalue weighted by Crippen LogP contribution is -2.27. The molecule has 6 nitrogen and oxygen atoms in total. The van der Waals surface area contributed by atoms with E-state index in [1.165, 1.54) is 6.92 Å². The average Bonchev–Trinajstić information content (AvgIpc) is 2.77. The molecule has 0 saturated carbocycles. The highest BCUT2D eigenvalue weighted by molar-refractivity contribution is 6.11. The monoisotopic (exact) mass is 430 g/mol. The second kappa shape index (κ2) is 9.52. The minimum atomic E-state index is -0.628. The summed E-state index contributed by atoms with van der Waals surface area (Å²) in [5, 5.41) is 20.5. The molecule has 6 heteroatoms. The van der Waals surface area contributed by atoms with E-state index in [-0.39, 0.29) is 23.2 Å². The van der Waals surface area contributed by atoms with Crippen LogP contribution in [0.3, 0.4) is 0 Å². The Kier molecular flexibility index (Phi) is 6.79. The van der Waals surface area contributed by atoms with E-state index >= 15 is 0 Å². The Morgan fingerprint density at radius 2 is 1.72 bits per heavy atom. The maximum Gasteiger partial charge on any atom is 0.271 e. The zero-order valence-corrected chi connectivity index (χ0v) is 18.7. The van der Waals surface area contributed by atoms with Crippen LogP contribution in [-0.2, 0) is 6.54 Å². The molecule has 0 unspecified atom stereocenters. The van der Waals surface area contributed by atoms with E-state index < -0.39 is 17.2 Å². The first kappa shape index (κ1) is 22.8. The second-order valence-corrected chi connectivity index (χ2v) is 8.25. The third kappa shape index (κ3) is 4.73. The van der Waals surface area contributed by atoms with E-state index in [9.17, 15) is 20.0 Å². The summed E-state index contributed by atoms with van der Waals surface area (Å²) in [5.74, 6) is 0.0925. The number of ketones is 1. The number of nitriles is 1. The molecule has 0 aliphatic rings. The molecule has 0 radical (unpaired) electrons. The van der Waals surface area contributed by atoms with Crippen LogP contribution in [0.25, 0.3) is 0 Å². The van der Waals surface area contributed by atoms with Gasteiger partial charge in [-0.1, -0.05) is 43.7 Å². The van der Waals surface area contributed by atoms with Gasteiger partial charge in [0, 0.05) is 5.56 Å². The molecule has 1 aromatic heterocycles. The van der Waals surface area contributed by atoms with Crippen molar-refractivity contribution in [1.82, 2.24) is 4.57 Å². The molecule has 3 rings (SSSR count). The minimum Gasteiger partial charge on any atom is -0.494 e. The molecule has 1 heterocycles. The number of nitrogens with zero attached hydrogens (tertiary/aromatic N) is 2. The van der Waals surface area contributed by atoms with Gasteiger partial charge in [-0.15, -0.1) is 0 Å². The standard InChI is InChI=1S/C26H26N2O4/c1-16(2)15-32-21-11-9-20(10-12-21)24(29)23-18(4)22(13-27)25(30)28(26(23)31)14-19-7-5-17(3)6-8-19/h5-12,16,31H,14-15H2,1-4H3. The molecule has 0 saturated heterocycles. The quantitative estimate of drug-likeness (QED) is 0.563. The van der Waals surface area contributed by atoms with Crippen LogP contribution in [0.5, 0.6) is 11.6 Å². The highest BCUT2D eigenvalue weighted by Gasteiger charge is 2.25. The second-order valence-electron chi connectivity index (χ2n) is 8.25. The fourth-order valence-corrected chi connectivity index (χ4v) is 3.36. The van der Waals surface area contributed by atoms with Crippen LogP contribution in [-0.4, -0.2) is 22.1 Å². The molecule has 0 fully saturated rings. The van der Waals surface area contributed by atoms with Crippen LogP contribution in [0.15, 0.2) is 53.3 Å². The first-order valence-corrected chi connectivity index (χ1v) is 10.4. The van der Waals surface area contributed by atoms with Gasteiger partial charge in [-0.05, 0) is 55.2 Å². The molecule has 2 aromatic carbocycles. The Labute approximate surface area is 187 Å². The van der Waals surface area contributed by atoms with Gasteiger partial charge >= 0.3 is 0 Å². The number of aromatic hydroxyl groups is 1. The third-order valence-corrected chi connectivity index (χ3v) is 5.19. The summed E-state index contributed by atoms with van der Waals surface area (Å²) in [7, 11) is 0. The van der Waals surface area contributed by atoms with Crippen LogP contribution >= 0.6 is 0 Å². The fraction of sp³-hybridized carbons (Fsp3) is 0.269. The summed E-state index contributed by atoms with van der Waals surface area (Å²) in [6.45, 7) is 8.14. The van der Waals surface area contributed by atoms with Gasteiger partial charge in [0.15, 0.2) is 5.78 Å². The lowest BCUT2D eigenvalue weighted by atomic mass is 9.97. The normalized spacial score (nSPS) is 10.8. The van der Waals surface area contributed by atoms with E-state index in [1.54, 1.807) is 24.3 Å². The van der Waals surface area contributed by atoms with Gasteiger partial charge in [0.25, 0.3) is 5.56 Å². The minimum absolute atomic E-state index is 0.0438. The van der Waals surface area contributed by atoms with E-state index in [0.717, 1.165) is 15.7 Å². The van der Waals surface area contributed by atoms with Gasteiger partial charge in [0.2, 0.25) is 5.88 Å². The van der Waals surface area contributed by atoms with Gasteiger partial charge < -0.3 is 9.84 Å². The SMILES string of the molecule is Cc1ccc(Cn2c(O)c(C(=O)c3ccc(OCC(C)C)cc3)c(C)c(C#N)c2=O)cc1. The van der Waals surface area contributed by atoms with Crippen molar-refractivity contribution in [2.75, 3.05) is 6.61 Å². The predicted octanol–water partition coefficient (Wildman–Crippen LogP) is 4.36.